The zero-order chi connectivity index (χ0) is 17.7. The van der Waals surface area contributed by atoms with E-state index in [-0.39, 0.29) is 0 Å². The van der Waals surface area contributed by atoms with Crippen molar-refractivity contribution in [2.45, 2.75) is 44.2 Å². The molecule has 0 saturated carbocycles. The van der Waals surface area contributed by atoms with Crippen LogP contribution in [0.15, 0.2) is 54.6 Å². The van der Waals surface area contributed by atoms with Crippen LogP contribution >= 0.6 is 11.6 Å². The number of hydrogen-bond donors (Lipinski definition) is 0. The van der Waals surface area contributed by atoms with Crippen LogP contribution in [0.4, 0.5) is 0 Å². The molecule has 2 atom stereocenters. The van der Waals surface area contributed by atoms with Gasteiger partial charge in [-0.1, -0.05) is 61.0 Å². The van der Waals surface area contributed by atoms with E-state index in [0.717, 1.165) is 24.5 Å². The lowest BCUT2D eigenvalue weighted by atomic mass is 9.84. The summed E-state index contributed by atoms with van der Waals surface area (Å²) < 4.78 is 6.63. The first-order chi connectivity index (χ1) is 12.2. The Hall–Kier alpha value is -1.35. The maximum atomic E-state index is 6.63. The number of rotatable bonds is 7. The quantitative estimate of drug-likeness (QED) is 0.649. The second-order valence-electron chi connectivity index (χ2n) is 6.97. The van der Waals surface area contributed by atoms with Crippen molar-refractivity contribution >= 4 is 11.6 Å². The van der Waals surface area contributed by atoms with Gasteiger partial charge in [-0.15, -0.1) is 0 Å². The monoisotopic (exact) mass is 357 g/mol. The molecule has 1 unspecified atom stereocenters. The van der Waals surface area contributed by atoms with E-state index in [1.165, 1.54) is 30.5 Å². The van der Waals surface area contributed by atoms with Gasteiger partial charge in [-0.05, 0) is 62.5 Å². The fourth-order valence-electron chi connectivity index (χ4n) is 3.98. The first-order valence-corrected chi connectivity index (χ1v) is 9.69. The van der Waals surface area contributed by atoms with Gasteiger partial charge >= 0.3 is 0 Å². The fourth-order valence-corrected chi connectivity index (χ4v) is 4.11. The molecule has 134 valence electrons. The lowest BCUT2D eigenvalue weighted by molar-refractivity contribution is -0.0281. The van der Waals surface area contributed by atoms with Crippen LogP contribution < -0.4 is 0 Å². The lowest BCUT2D eigenvalue weighted by Crippen LogP contribution is -2.33. The van der Waals surface area contributed by atoms with Gasteiger partial charge in [0.2, 0.25) is 0 Å². The molecule has 1 aliphatic heterocycles. The highest BCUT2D eigenvalue weighted by Gasteiger charge is 2.34. The Balaban J connectivity index is 1.84. The topological polar surface area (TPSA) is 12.5 Å². The van der Waals surface area contributed by atoms with Crippen molar-refractivity contribution in [1.29, 1.82) is 0 Å². The minimum Gasteiger partial charge on any atom is -0.365 e. The van der Waals surface area contributed by atoms with Gasteiger partial charge in [0.1, 0.15) is 5.60 Å². The Morgan fingerprint density at radius 1 is 1.08 bits per heavy atom. The van der Waals surface area contributed by atoms with E-state index in [1.54, 1.807) is 0 Å². The van der Waals surface area contributed by atoms with Gasteiger partial charge in [0, 0.05) is 17.7 Å². The molecule has 0 amide bonds. The Bertz CT molecular complexity index is 657. The van der Waals surface area contributed by atoms with Gasteiger partial charge in [0.15, 0.2) is 0 Å². The summed E-state index contributed by atoms with van der Waals surface area (Å²) in [5.41, 5.74) is 1.97. The van der Waals surface area contributed by atoms with Crippen molar-refractivity contribution in [1.82, 2.24) is 4.90 Å². The highest BCUT2D eigenvalue weighted by atomic mass is 35.5. The molecule has 0 N–H and O–H groups in total. The third-order valence-corrected chi connectivity index (χ3v) is 5.77. The summed E-state index contributed by atoms with van der Waals surface area (Å²) in [5, 5.41) is 0.759. The molecule has 0 spiro atoms. The first-order valence-electron chi connectivity index (χ1n) is 9.31. The molecule has 2 aromatic carbocycles. The molecule has 0 radical (unpaired) electrons. The number of benzene rings is 2. The van der Waals surface area contributed by atoms with Crippen LogP contribution in [0.25, 0.3) is 0 Å². The van der Waals surface area contributed by atoms with Crippen LogP contribution in [0, 0.1) is 0 Å². The van der Waals surface area contributed by atoms with Crippen LogP contribution in [0.2, 0.25) is 5.02 Å². The van der Waals surface area contributed by atoms with Crippen LogP contribution in [-0.4, -0.2) is 31.1 Å². The number of nitrogens with zero attached hydrogens (tertiary/aromatic N) is 1. The summed E-state index contributed by atoms with van der Waals surface area (Å²) in [5.74, 6) is 0. The van der Waals surface area contributed by atoms with Crippen LogP contribution in [-0.2, 0) is 10.3 Å². The highest BCUT2D eigenvalue weighted by Crippen LogP contribution is 2.38. The van der Waals surface area contributed by atoms with Crippen molar-refractivity contribution in [3.63, 3.8) is 0 Å². The number of halogens is 1. The van der Waals surface area contributed by atoms with E-state index in [2.05, 4.69) is 61.3 Å². The number of hydrogen-bond acceptors (Lipinski definition) is 2. The Morgan fingerprint density at radius 2 is 1.76 bits per heavy atom. The average molecular weight is 358 g/mol. The molecule has 3 heteroatoms. The lowest BCUT2D eigenvalue weighted by Gasteiger charge is -2.35. The Labute approximate surface area is 156 Å². The van der Waals surface area contributed by atoms with Gasteiger partial charge in [-0.25, -0.2) is 0 Å². The molecule has 1 aliphatic rings. The third kappa shape index (κ3) is 4.08. The Kier molecular flexibility index (Phi) is 6.16. The van der Waals surface area contributed by atoms with Gasteiger partial charge in [-0.2, -0.15) is 0 Å². The Morgan fingerprint density at radius 3 is 2.36 bits per heavy atom. The van der Waals surface area contributed by atoms with Crippen molar-refractivity contribution in [3.05, 3.63) is 70.7 Å². The SMILES string of the molecule is CCC(OCC[C@H]1CCCN1C)(c1ccccc1)c1ccc(Cl)cc1. The summed E-state index contributed by atoms with van der Waals surface area (Å²) in [7, 11) is 2.22. The molecule has 2 aromatic rings. The van der Waals surface area contributed by atoms with Crippen molar-refractivity contribution < 1.29 is 4.74 Å². The molecule has 2 nitrogen and oxygen atoms in total. The predicted molar refractivity (Wildman–Crippen MR) is 105 cm³/mol. The van der Waals surface area contributed by atoms with Gasteiger partial charge in [-0.3, -0.25) is 0 Å². The van der Waals surface area contributed by atoms with Gasteiger partial charge < -0.3 is 9.64 Å². The molecule has 0 aromatic heterocycles. The van der Waals surface area contributed by atoms with E-state index in [0.29, 0.717) is 6.04 Å². The normalized spacial score (nSPS) is 20.5. The zero-order valence-corrected chi connectivity index (χ0v) is 16.0. The van der Waals surface area contributed by atoms with Crippen molar-refractivity contribution in [2.24, 2.45) is 0 Å². The fraction of sp³-hybridized carbons (Fsp3) is 0.455. The third-order valence-electron chi connectivity index (χ3n) is 5.52. The summed E-state index contributed by atoms with van der Waals surface area (Å²) >= 11 is 6.11. The first kappa shape index (κ1) is 18.4. The smallest absolute Gasteiger partial charge is 0.118 e. The molecule has 1 fully saturated rings. The zero-order valence-electron chi connectivity index (χ0n) is 15.2. The second-order valence-corrected chi connectivity index (χ2v) is 7.40. The molecule has 0 aliphatic carbocycles. The van der Waals surface area contributed by atoms with Crippen LogP contribution in [0.3, 0.4) is 0 Å². The molecule has 3 rings (SSSR count). The van der Waals surface area contributed by atoms with E-state index in [1.807, 2.05) is 12.1 Å². The molecule has 0 bridgehead atoms. The van der Waals surface area contributed by atoms with Gasteiger partial charge in [0.05, 0.1) is 0 Å². The minimum atomic E-state index is -0.414. The highest BCUT2D eigenvalue weighted by molar-refractivity contribution is 6.30. The number of ether oxygens (including phenoxy) is 1. The van der Waals surface area contributed by atoms with E-state index < -0.39 is 5.60 Å². The summed E-state index contributed by atoms with van der Waals surface area (Å²) in [6, 6.07) is 19.3. The maximum absolute atomic E-state index is 6.63. The summed E-state index contributed by atoms with van der Waals surface area (Å²) in [6.07, 6.45) is 4.55. The standard InChI is InChI=1S/C22H28ClNO/c1-3-22(18-8-5-4-6-9-18,19-11-13-20(23)14-12-19)25-17-15-21-10-7-16-24(21)2/h4-6,8-9,11-14,21H,3,7,10,15-17H2,1-2H3/t21-,22?/m1/s1. The maximum Gasteiger partial charge on any atom is 0.118 e. The van der Waals surface area contributed by atoms with Crippen molar-refractivity contribution in [2.75, 3.05) is 20.2 Å². The summed E-state index contributed by atoms with van der Waals surface area (Å²) in [4.78, 5) is 2.46. The van der Waals surface area contributed by atoms with Crippen LogP contribution in [0.1, 0.15) is 43.7 Å². The average Bonchev–Trinajstić information content (AvgIpc) is 3.06. The van der Waals surface area contributed by atoms with E-state index in [4.69, 9.17) is 16.3 Å². The largest absolute Gasteiger partial charge is 0.365 e. The van der Waals surface area contributed by atoms with Crippen molar-refractivity contribution in [3.8, 4) is 0 Å². The summed E-state index contributed by atoms with van der Waals surface area (Å²) in [6.45, 7) is 4.17. The molecule has 25 heavy (non-hydrogen) atoms. The minimum absolute atomic E-state index is 0.414. The van der Waals surface area contributed by atoms with E-state index >= 15 is 0 Å². The molecule has 1 heterocycles. The second kappa shape index (κ2) is 8.35. The molecular formula is C22H28ClNO. The predicted octanol–water partition coefficient (Wildman–Crippen LogP) is 5.49. The molecular weight excluding hydrogens is 330 g/mol. The molecule has 1 saturated heterocycles. The number of likely N-dealkylation sites (tertiary alicyclic amines) is 1. The van der Waals surface area contributed by atoms with Gasteiger partial charge in [0.25, 0.3) is 0 Å². The van der Waals surface area contributed by atoms with E-state index in [9.17, 15) is 0 Å². The van der Waals surface area contributed by atoms with Crippen LogP contribution in [0.5, 0.6) is 0 Å².